The molecule has 0 fully saturated rings. The van der Waals surface area contributed by atoms with Crippen LogP contribution in [0.15, 0.2) is 23.1 Å². The lowest BCUT2D eigenvalue weighted by molar-refractivity contribution is -0.116. The Bertz CT molecular complexity index is 668. The van der Waals surface area contributed by atoms with E-state index in [4.69, 9.17) is 0 Å². The van der Waals surface area contributed by atoms with Crippen LogP contribution in [0.5, 0.6) is 0 Å². The highest BCUT2D eigenvalue weighted by atomic mass is 32.2. The molecule has 0 bridgehead atoms. The molecule has 25 heavy (non-hydrogen) atoms. The SMILES string of the molecule is CCNc1ccc(S(=O)(=O)N(CC)CC)cc1NC(=O)CCC(C)C. The maximum Gasteiger partial charge on any atom is 0.243 e. The van der Waals surface area contributed by atoms with E-state index in [9.17, 15) is 13.2 Å². The van der Waals surface area contributed by atoms with Gasteiger partial charge in [-0.1, -0.05) is 27.7 Å². The van der Waals surface area contributed by atoms with Gasteiger partial charge in [0.2, 0.25) is 15.9 Å². The summed E-state index contributed by atoms with van der Waals surface area (Å²) in [6.45, 7) is 11.2. The van der Waals surface area contributed by atoms with Crippen LogP contribution in [0.1, 0.15) is 47.5 Å². The Kier molecular flexibility index (Phi) is 8.38. The van der Waals surface area contributed by atoms with Crippen LogP contribution in [-0.4, -0.2) is 38.3 Å². The van der Waals surface area contributed by atoms with Crippen LogP contribution in [-0.2, 0) is 14.8 Å². The molecule has 0 atom stereocenters. The molecule has 0 aliphatic heterocycles. The number of nitrogens with zero attached hydrogens (tertiary/aromatic N) is 1. The van der Waals surface area contributed by atoms with Crippen LogP contribution in [0, 0.1) is 5.92 Å². The zero-order chi connectivity index (χ0) is 19.0. The molecule has 0 saturated heterocycles. The first-order valence-corrected chi connectivity index (χ1v) is 10.4. The summed E-state index contributed by atoms with van der Waals surface area (Å²) >= 11 is 0. The number of rotatable bonds is 10. The van der Waals surface area contributed by atoms with Gasteiger partial charge < -0.3 is 10.6 Å². The molecule has 6 nitrogen and oxygen atoms in total. The molecular formula is C18H31N3O3S. The third kappa shape index (κ3) is 6.01. The second-order valence-corrected chi connectivity index (χ2v) is 8.25. The summed E-state index contributed by atoms with van der Waals surface area (Å²) in [6.07, 6.45) is 1.20. The number of nitrogens with one attached hydrogen (secondary N) is 2. The highest BCUT2D eigenvalue weighted by Gasteiger charge is 2.23. The summed E-state index contributed by atoms with van der Waals surface area (Å²) in [6, 6.07) is 4.83. The first-order valence-electron chi connectivity index (χ1n) is 8.94. The van der Waals surface area contributed by atoms with Gasteiger partial charge >= 0.3 is 0 Å². The molecule has 0 aliphatic rings. The van der Waals surface area contributed by atoms with Crippen molar-refractivity contribution in [3.63, 3.8) is 0 Å². The number of carbonyl (C=O) groups excluding carboxylic acids is 1. The van der Waals surface area contributed by atoms with E-state index in [2.05, 4.69) is 24.5 Å². The lowest BCUT2D eigenvalue weighted by Crippen LogP contribution is -2.30. The number of hydrogen-bond donors (Lipinski definition) is 2. The lowest BCUT2D eigenvalue weighted by atomic mass is 10.1. The number of carbonyl (C=O) groups is 1. The van der Waals surface area contributed by atoms with E-state index in [1.54, 1.807) is 18.2 Å². The van der Waals surface area contributed by atoms with Crippen molar-refractivity contribution in [3.05, 3.63) is 18.2 Å². The number of sulfonamides is 1. The van der Waals surface area contributed by atoms with Crippen LogP contribution < -0.4 is 10.6 Å². The van der Waals surface area contributed by atoms with Gasteiger partial charge in [-0.15, -0.1) is 0 Å². The topological polar surface area (TPSA) is 78.5 Å². The minimum absolute atomic E-state index is 0.106. The Balaban J connectivity index is 3.15. The maximum absolute atomic E-state index is 12.7. The second-order valence-electron chi connectivity index (χ2n) is 6.31. The highest BCUT2D eigenvalue weighted by Crippen LogP contribution is 2.27. The number of hydrogen-bond acceptors (Lipinski definition) is 4. The monoisotopic (exact) mass is 369 g/mol. The molecular weight excluding hydrogens is 338 g/mol. The molecule has 7 heteroatoms. The molecule has 1 aromatic rings. The molecule has 0 aromatic heterocycles. The highest BCUT2D eigenvalue weighted by molar-refractivity contribution is 7.89. The van der Waals surface area contributed by atoms with Gasteiger partial charge in [0.1, 0.15) is 0 Å². The van der Waals surface area contributed by atoms with Crippen molar-refractivity contribution in [3.8, 4) is 0 Å². The predicted octanol–water partition coefficient (Wildman–Crippen LogP) is 3.52. The van der Waals surface area contributed by atoms with Crippen LogP contribution in [0.3, 0.4) is 0 Å². The van der Waals surface area contributed by atoms with E-state index >= 15 is 0 Å². The van der Waals surface area contributed by atoms with Gasteiger partial charge in [0, 0.05) is 26.1 Å². The average Bonchev–Trinajstić information content (AvgIpc) is 2.55. The van der Waals surface area contributed by atoms with Crippen molar-refractivity contribution < 1.29 is 13.2 Å². The second kappa shape index (κ2) is 9.77. The standard InChI is InChI=1S/C18H31N3O3S/c1-6-19-16-11-10-15(25(23,24)21(7-2)8-3)13-17(16)20-18(22)12-9-14(4)5/h10-11,13-14,19H,6-9,12H2,1-5H3,(H,20,22). The summed E-state index contributed by atoms with van der Waals surface area (Å²) in [5.74, 6) is 0.332. The third-order valence-corrected chi connectivity index (χ3v) is 5.97. The fourth-order valence-electron chi connectivity index (χ4n) is 2.48. The van der Waals surface area contributed by atoms with Gasteiger partial charge in [0.25, 0.3) is 0 Å². The van der Waals surface area contributed by atoms with Gasteiger partial charge in [-0.25, -0.2) is 8.42 Å². The lowest BCUT2D eigenvalue weighted by Gasteiger charge is -2.20. The zero-order valence-electron chi connectivity index (χ0n) is 15.9. The van der Waals surface area contributed by atoms with Crippen molar-refractivity contribution in [2.75, 3.05) is 30.3 Å². The number of amides is 1. The van der Waals surface area contributed by atoms with Gasteiger partial charge in [0.15, 0.2) is 0 Å². The minimum atomic E-state index is -3.56. The maximum atomic E-state index is 12.7. The van der Waals surface area contributed by atoms with Crippen molar-refractivity contribution in [1.29, 1.82) is 0 Å². The Morgan fingerprint density at radius 3 is 2.28 bits per heavy atom. The van der Waals surface area contributed by atoms with Gasteiger partial charge in [0.05, 0.1) is 16.3 Å². The fourth-order valence-corrected chi connectivity index (χ4v) is 3.96. The first-order chi connectivity index (χ1) is 11.8. The van der Waals surface area contributed by atoms with Crippen LogP contribution in [0.4, 0.5) is 11.4 Å². The van der Waals surface area contributed by atoms with Gasteiger partial charge in [-0.2, -0.15) is 4.31 Å². The molecule has 0 spiro atoms. The van der Waals surface area contributed by atoms with E-state index in [-0.39, 0.29) is 10.8 Å². The van der Waals surface area contributed by atoms with Crippen molar-refractivity contribution >= 4 is 27.3 Å². The Morgan fingerprint density at radius 1 is 1.12 bits per heavy atom. The predicted molar refractivity (Wildman–Crippen MR) is 103 cm³/mol. The quantitative estimate of drug-likeness (QED) is 0.661. The number of benzene rings is 1. The molecule has 0 heterocycles. The van der Waals surface area contributed by atoms with Crippen molar-refractivity contribution in [1.82, 2.24) is 4.31 Å². The molecule has 1 aromatic carbocycles. The molecule has 2 N–H and O–H groups in total. The Hall–Kier alpha value is -1.60. The number of anilines is 2. The van der Waals surface area contributed by atoms with E-state index in [1.807, 2.05) is 20.8 Å². The van der Waals surface area contributed by atoms with Crippen LogP contribution in [0.2, 0.25) is 0 Å². The smallest absolute Gasteiger partial charge is 0.243 e. The Labute approximate surface area is 152 Å². The van der Waals surface area contributed by atoms with Crippen molar-refractivity contribution in [2.24, 2.45) is 5.92 Å². The van der Waals surface area contributed by atoms with E-state index < -0.39 is 10.0 Å². The summed E-state index contributed by atoms with van der Waals surface area (Å²) in [5.41, 5.74) is 1.22. The average molecular weight is 370 g/mol. The first kappa shape index (κ1) is 21.4. The third-order valence-electron chi connectivity index (χ3n) is 3.92. The van der Waals surface area contributed by atoms with E-state index in [1.165, 1.54) is 4.31 Å². The molecule has 142 valence electrons. The molecule has 0 aliphatic carbocycles. The molecule has 1 rings (SSSR count). The normalized spacial score (nSPS) is 11.8. The van der Waals surface area contributed by atoms with Gasteiger partial charge in [-0.05, 0) is 37.5 Å². The molecule has 0 saturated carbocycles. The van der Waals surface area contributed by atoms with Crippen LogP contribution >= 0.6 is 0 Å². The Morgan fingerprint density at radius 2 is 1.76 bits per heavy atom. The van der Waals surface area contributed by atoms with E-state index in [0.717, 1.165) is 12.1 Å². The molecule has 0 unspecified atom stereocenters. The zero-order valence-corrected chi connectivity index (χ0v) is 16.7. The van der Waals surface area contributed by atoms with Gasteiger partial charge in [-0.3, -0.25) is 4.79 Å². The van der Waals surface area contributed by atoms with Crippen molar-refractivity contribution in [2.45, 2.75) is 52.4 Å². The summed E-state index contributed by atoms with van der Waals surface area (Å²) in [7, 11) is -3.56. The van der Waals surface area contributed by atoms with Crippen LogP contribution in [0.25, 0.3) is 0 Å². The summed E-state index contributed by atoms with van der Waals surface area (Å²) in [4.78, 5) is 12.4. The molecule has 0 radical (unpaired) electrons. The van der Waals surface area contributed by atoms with E-state index in [0.29, 0.717) is 37.7 Å². The largest absolute Gasteiger partial charge is 0.384 e. The minimum Gasteiger partial charge on any atom is -0.384 e. The summed E-state index contributed by atoms with van der Waals surface area (Å²) < 4.78 is 26.8. The summed E-state index contributed by atoms with van der Waals surface area (Å²) in [5, 5.41) is 6.01. The molecule has 1 amide bonds. The fraction of sp³-hybridized carbons (Fsp3) is 0.611.